The predicted octanol–water partition coefficient (Wildman–Crippen LogP) is 3.78. The maximum absolute atomic E-state index is 4.51. The van der Waals surface area contributed by atoms with Gasteiger partial charge in [0, 0.05) is 19.3 Å². The smallest absolute Gasteiger partial charge is 0.143 e. The van der Waals surface area contributed by atoms with Crippen LogP contribution in [0.15, 0.2) is 16.7 Å². The molecule has 0 aromatic carbocycles. The second-order valence-corrected chi connectivity index (χ2v) is 5.42. The molecule has 0 saturated carbocycles. The van der Waals surface area contributed by atoms with Gasteiger partial charge in [-0.3, -0.25) is 0 Å². The lowest BCUT2D eigenvalue weighted by Crippen LogP contribution is -2.36. The van der Waals surface area contributed by atoms with Crippen LogP contribution >= 0.6 is 15.9 Å². The molecule has 88 valence electrons. The first-order chi connectivity index (χ1) is 7.72. The highest BCUT2D eigenvalue weighted by Crippen LogP contribution is 2.30. The van der Waals surface area contributed by atoms with Crippen molar-refractivity contribution in [2.75, 3.05) is 18.0 Å². The Kier molecular flexibility index (Phi) is 3.85. The van der Waals surface area contributed by atoms with E-state index in [0.29, 0.717) is 0 Å². The SMILES string of the molecule is CCC1CCCN(c2nccc(C)c2Br)C1. The van der Waals surface area contributed by atoms with Crippen molar-refractivity contribution in [2.45, 2.75) is 33.1 Å². The third-order valence-electron chi connectivity index (χ3n) is 3.46. The zero-order chi connectivity index (χ0) is 11.5. The van der Waals surface area contributed by atoms with Gasteiger partial charge < -0.3 is 4.90 Å². The number of nitrogens with zero attached hydrogens (tertiary/aromatic N) is 2. The number of hydrogen-bond acceptors (Lipinski definition) is 2. The van der Waals surface area contributed by atoms with Crippen LogP contribution in [0.25, 0.3) is 0 Å². The van der Waals surface area contributed by atoms with Crippen molar-refractivity contribution in [3.8, 4) is 0 Å². The average molecular weight is 283 g/mol. The molecule has 3 heteroatoms. The maximum Gasteiger partial charge on any atom is 0.143 e. The van der Waals surface area contributed by atoms with E-state index in [4.69, 9.17) is 0 Å². The Balaban J connectivity index is 2.20. The number of anilines is 1. The Morgan fingerprint density at radius 1 is 1.56 bits per heavy atom. The summed E-state index contributed by atoms with van der Waals surface area (Å²) < 4.78 is 1.16. The third kappa shape index (κ3) is 2.40. The summed E-state index contributed by atoms with van der Waals surface area (Å²) in [4.78, 5) is 6.94. The standard InChI is InChI=1S/C13H19BrN2/c1-3-11-5-4-8-16(9-11)13-12(14)10(2)6-7-15-13/h6-7,11H,3-5,8-9H2,1-2H3. The minimum absolute atomic E-state index is 0.836. The first kappa shape index (κ1) is 11.9. The van der Waals surface area contributed by atoms with Crippen LogP contribution in [0.4, 0.5) is 5.82 Å². The molecule has 1 aromatic heterocycles. The van der Waals surface area contributed by atoms with E-state index >= 15 is 0 Å². The van der Waals surface area contributed by atoms with Gasteiger partial charge in [0.15, 0.2) is 0 Å². The second kappa shape index (κ2) is 5.17. The molecule has 0 bridgehead atoms. The zero-order valence-electron chi connectivity index (χ0n) is 10.0. The second-order valence-electron chi connectivity index (χ2n) is 4.63. The molecule has 1 aliphatic heterocycles. The van der Waals surface area contributed by atoms with Crippen molar-refractivity contribution < 1.29 is 0 Å². The fourth-order valence-electron chi connectivity index (χ4n) is 2.34. The number of halogens is 1. The molecule has 0 aliphatic carbocycles. The highest BCUT2D eigenvalue weighted by molar-refractivity contribution is 9.10. The summed E-state index contributed by atoms with van der Waals surface area (Å²) >= 11 is 3.65. The van der Waals surface area contributed by atoms with Crippen molar-refractivity contribution in [3.05, 3.63) is 22.3 Å². The summed E-state index contributed by atoms with van der Waals surface area (Å²) in [6.07, 6.45) is 5.85. The predicted molar refractivity (Wildman–Crippen MR) is 71.9 cm³/mol. The highest BCUT2D eigenvalue weighted by atomic mass is 79.9. The number of pyridine rings is 1. The molecule has 2 nitrogen and oxygen atoms in total. The van der Waals surface area contributed by atoms with Crippen molar-refractivity contribution in [1.82, 2.24) is 4.98 Å². The number of piperidine rings is 1. The van der Waals surface area contributed by atoms with E-state index in [1.54, 1.807) is 0 Å². The van der Waals surface area contributed by atoms with E-state index in [1.807, 2.05) is 6.20 Å². The molecule has 1 unspecified atom stereocenters. The van der Waals surface area contributed by atoms with Crippen molar-refractivity contribution in [2.24, 2.45) is 5.92 Å². The summed E-state index contributed by atoms with van der Waals surface area (Å²) in [5.74, 6) is 1.96. The topological polar surface area (TPSA) is 16.1 Å². The highest BCUT2D eigenvalue weighted by Gasteiger charge is 2.21. The summed E-state index contributed by atoms with van der Waals surface area (Å²) in [6.45, 7) is 6.71. The Hall–Kier alpha value is -0.570. The number of aryl methyl sites for hydroxylation is 1. The van der Waals surface area contributed by atoms with Gasteiger partial charge in [-0.25, -0.2) is 4.98 Å². The van der Waals surface area contributed by atoms with E-state index in [-0.39, 0.29) is 0 Å². The van der Waals surface area contributed by atoms with Gasteiger partial charge >= 0.3 is 0 Å². The molecule has 0 amide bonds. The number of hydrogen-bond donors (Lipinski definition) is 0. The van der Waals surface area contributed by atoms with Crippen LogP contribution in [0.1, 0.15) is 31.7 Å². The molecule has 0 spiro atoms. The molecule has 2 rings (SSSR count). The van der Waals surface area contributed by atoms with Crippen LogP contribution in [0, 0.1) is 12.8 Å². The fourth-order valence-corrected chi connectivity index (χ4v) is 2.82. The normalized spacial score (nSPS) is 21.2. The van der Waals surface area contributed by atoms with Gasteiger partial charge in [-0.1, -0.05) is 13.3 Å². The van der Waals surface area contributed by atoms with Crippen LogP contribution in [-0.4, -0.2) is 18.1 Å². The molecule has 1 atom stereocenters. The molecular formula is C13H19BrN2. The largest absolute Gasteiger partial charge is 0.355 e. The number of rotatable bonds is 2. The molecule has 1 fully saturated rings. The lowest BCUT2D eigenvalue weighted by molar-refractivity contribution is 0.402. The molecule has 1 aromatic rings. The van der Waals surface area contributed by atoms with Gasteiger partial charge in [0.25, 0.3) is 0 Å². The van der Waals surface area contributed by atoms with Crippen LogP contribution < -0.4 is 4.90 Å². The van der Waals surface area contributed by atoms with E-state index in [0.717, 1.165) is 29.3 Å². The summed E-state index contributed by atoms with van der Waals surface area (Å²) in [5, 5.41) is 0. The Morgan fingerprint density at radius 2 is 2.38 bits per heavy atom. The molecule has 1 aliphatic rings. The van der Waals surface area contributed by atoms with Gasteiger partial charge in [0.2, 0.25) is 0 Å². The number of aromatic nitrogens is 1. The first-order valence-electron chi connectivity index (χ1n) is 6.08. The van der Waals surface area contributed by atoms with E-state index < -0.39 is 0 Å². The van der Waals surface area contributed by atoms with Crippen molar-refractivity contribution in [3.63, 3.8) is 0 Å². The Labute approximate surface area is 106 Å². The van der Waals surface area contributed by atoms with Crippen LogP contribution in [0.2, 0.25) is 0 Å². The van der Waals surface area contributed by atoms with Gasteiger partial charge in [-0.05, 0) is 53.2 Å². The monoisotopic (exact) mass is 282 g/mol. The minimum atomic E-state index is 0.836. The van der Waals surface area contributed by atoms with Crippen LogP contribution in [0.5, 0.6) is 0 Å². The van der Waals surface area contributed by atoms with Crippen molar-refractivity contribution in [1.29, 1.82) is 0 Å². The van der Waals surface area contributed by atoms with E-state index in [1.165, 1.54) is 24.8 Å². The molecular weight excluding hydrogens is 264 g/mol. The maximum atomic E-state index is 4.51. The molecule has 0 N–H and O–H groups in total. The first-order valence-corrected chi connectivity index (χ1v) is 6.87. The van der Waals surface area contributed by atoms with Crippen LogP contribution in [0.3, 0.4) is 0 Å². The van der Waals surface area contributed by atoms with Crippen molar-refractivity contribution >= 4 is 21.7 Å². The van der Waals surface area contributed by atoms with E-state index in [9.17, 15) is 0 Å². The Bertz CT molecular complexity index is 365. The van der Waals surface area contributed by atoms with Gasteiger partial charge in [0.1, 0.15) is 5.82 Å². The summed E-state index contributed by atoms with van der Waals surface area (Å²) in [5.41, 5.74) is 1.27. The zero-order valence-corrected chi connectivity index (χ0v) is 11.6. The lowest BCUT2D eigenvalue weighted by Gasteiger charge is -2.33. The van der Waals surface area contributed by atoms with Crippen LogP contribution in [-0.2, 0) is 0 Å². The Morgan fingerprint density at radius 3 is 3.12 bits per heavy atom. The summed E-state index contributed by atoms with van der Waals surface area (Å²) in [7, 11) is 0. The molecule has 1 saturated heterocycles. The fraction of sp³-hybridized carbons (Fsp3) is 0.615. The minimum Gasteiger partial charge on any atom is -0.355 e. The third-order valence-corrected chi connectivity index (χ3v) is 4.44. The molecule has 16 heavy (non-hydrogen) atoms. The van der Waals surface area contributed by atoms with Gasteiger partial charge in [-0.2, -0.15) is 0 Å². The van der Waals surface area contributed by atoms with Gasteiger partial charge in [0.05, 0.1) is 4.47 Å². The lowest BCUT2D eigenvalue weighted by atomic mass is 9.95. The quantitative estimate of drug-likeness (QED) is 0.821. The summed E-state index contributed by atoms with van der Waals surface area (Å²) in [6, 6.07) is 2.05. The van der Waals surface area contributed by atoms with Gasteiger partial charge in [-0.15, -0.1) is 0 Å². The molecule has 0 radical (unpaired) electrons. The van der Waals surface area contributed by atoms with E-state index in [2.05, 4.69) is 45.7 Å². The molecule has 2 heterocycles. The average Bonchev–Trinajstić information content (AvgIpc) is 2.33.